The Labute approximate surface area is 115 Å². The fraction of sp³-hybridized carbons (Fsp3) is 0.385. The molecule has 0 aliphatic rings. The number of aromatic nitrogens is 1. The maximum Gasteiger partial charge on any atom is 0.246 e. The smallest absolute Gasteiger partial charge is 0.246 e. The van der Waals surface area contributed by atoms with Gasteiger partial charge in [-0.25, -0.2) is 0 Å². The van der Waals surface area contributed by atoms with Gasteiger partial charge in [-0.15, -0.1) is 11.3 Å². The van der Waals surface area contributed by atoms with Gasteiger partial charge in [0.15, 0.2) is 5.76 Å². The first-order chi connectivity index (χ1) is 9.29. The standard InChI is InChI=1S/C13H16N2O3S/c1-2-5-14-13(16)9-17-8-10-7-11(18-15-10)12-4-3-6-19-12/h3-4,6-7H,2,5,8-9H2,1H3,(H,14,16). The molecule has 2 heterocycles. The van der Waals surface area contributed by atoms with Gasteiger partial charge in [0.25, 0.3) is 0 Å². The van der Waals surface area contributed by atoms with Crippen molar-refractivity contribution in [1.82, 2.24) is 10.5 Å². The van der Waals surface area contributed by atoms with Crippen LogP contribution in [0.2, 0.25) is 0 Å². The number of thiophene rings is 1. The largest absolute Gasteiger partial charge is 0.365 e. The number of nitrogens with one attached hydrogen (secondary N) is 1. The molecule has 0 bridgehead atoms. The van der Waals surface area contributed by atoms with Crippen LogP contribution in [-0.2, 0) is 16.1 Å². The van der Waals surface area contributed by atoms with Gasteiger partial charge in [0.05, 0.1) is 11.5 Å². The second-order valence-electron chi connectivity index (χ2n) is 4.00. The van der Waals surface area contributed by atoms with Gasteiger partial charge in [0.2, 0.25) is 5.91 Å². The summed E-state index contributed by atoms with van der Waals surface area (Å²) >= 11 is 1.59. The molecule has 0 aromatic carbocycles. The molecular formula is C13H16N2O3S. The fourth-order valence-corrected chi connectivity index (χ4v) is 2.15. The van der Waals surface area contributed by atoms with Gasteiger partial charge < -0.3 is 14.6 Å². The molecule has 0 saturated heterocycles. The summed E-state index contributed by atoms with van der Waals surface area (Å²) in [7, 11) is 0. The SMILES string of the molecule is CCCNC(=O)COCc1cc(-c2cccs2)on1. The van der Waals surface area contributed by atoms with Crippen molar-refractivity contribution in [3.05, 3.63) is 29.3 Å². The lowest BCUT2D eigenvalue weighted by Gasteiger charge is -2.02. The van der Waals surface area contributed by atoms with Gasteiger partial charge in [-0.3, -0.25) is 4.79 Å². The van der Waals surface area contributed by atoms with Gasteiger partial charge >= 0.3 is 0 Å². The van der Waals surface area contributed by atoms with Crippen LogP contribution in [0.15, 0.2) is 28.1 Å². The highest BCUT2D eigenvalue weighted by Gasteiger charge is 2.08. The number of rotatable bonds is 7. The first-order valence-corrected chi connectivity index (χ1v) is 7.01. The van der Waals surface area contributed by atoms with Crippen LogP contribution in [0.3, 0.4) is 0 Å². The Kier molecular flexibility index (Phi) is 5.11. The third kappa shape index (κ3) is 4.18. The van der Waals surface area contributed by atoms with E-state index in [1.54, 1.807) is 11.3 Å². The molecule has 2 rings (SSSR count). The van der Waals surface area contributed by atoms with Crippen molar-refractivity contribution in [2.75, 3.05) is 13.2 Å². The van der Waals surface area contributed by atoms with Crippen LogP contribution in [0.4, 0.5) is 0 Å². The molecule has 0 saturated carbocycles. The minimum atomic E-state index is -0.108. The summed E-state index contributed by atoms with van der Waals surface area (Å²) in [5, 5.41) is 8.62. The van der Waals surface area contributed by atoms with Crippen molar-refractivity contribution in [3.63, 3.8) is 0 Å². The Morgan fingerprint density at radius 3 is 3.21 bits per heavy atom. The Bertz CT molecular complexity index is 508. The molecule has 0 aliphatic heterocycles. The third-order valence-electron chi connectivity index (χ3n) is 2.38. The van der Waals surface area contributed by atoms with Crippen molar-refractivity contribution in [2.24, 2.45) is 0 Å². The fourth-order valence-electron chi connectivity index (χ4n) is 1.48. The van der Waals surface area contributed by atoms with Crippen LogP contribution in [-0.4, -0.2) is 24.2 Å². The number of ether oxygens (including phenoxy) is 1. The summed E-state index contributed by atoms with van der Waals surface area (Å²) in [6, 6.07) is 5.75. The molecule has 19 heavy (non-hydrogen) atoms. The molecule has 2 aromatic heterocycles. The first kappa shape index (κ1) is 13.8. The Hall–Kier alpha value is -1.66. The summed E-state index contributed by atoms with van der Waals surface area (Å²) in [6.45, 7) is 2.99. The molecule has 0 atom stereocenters. The number of nitrogens with zero attached hydrogens (tertiary/aromatic N) is 1. The molecule has 2 aromatic rings. The molecule has 0 fully saturated rings. The molecule has 0 aliphatic carbocycles. The molecule has 102 valence electrons. The highest BCUT2D eigenvalue weighted by molar-refractivity contribution is 7.13. The zero-order valence-corrected chi connectivity index (χ0v) is 11.5. The lowest BCUT2D eigenvalue weighted by molar-refractivity contribution is -0.126. The first-order valence-electron chi connectivity index (χ1n) is 6.13. The summed E-state index contributed by atoms with van der Waals surface area (Å²) in [4.78, 5) is 12.3. The van der Waals surface area contributed by atoms with E-state index in [4.69, 9.17) is 9.26 Å². The van der Waals surface area contributed by atoms with Crippen LogP contribution in [0.1, 0.15) is 19.0 Å². The number of carbonyl (C=O) groups excluding carboxylic acids is 1. The van der Waals surface area contributed by atoms with Gasteiger partial charge in [-0.1, -0.05) is 18.1 Å². The highest BCUT2D eigenvalue weighted by Crippen LogP contribution is 2.25. The zero-order chi connectivity index (χ0) is 13.5. The minimum Gasteiger partial charge on any atom is -0.365 e. The molecule has 0 spiro atoms. The number of hydrogen-bond donors (Lipinski definition) is 1. The van der Waals surface area contributed by atoms with Crippen LogP contribution in [0, 0.1) is 0 Å². The van der Waals surface area contributed by atoms with Crippen molar-refractivity contribution in [2.45, 2.75) is 20.0 Å². The quantitative estimate of drug-likeness (QED) is 0.846. The van der Waals surface area contributed by atoms with Gasteiger partial charge in [-0.05, 0) is 17.9 Å². The van der Waals surface area contributed by atoms with E-state index in [1.807, 2.05) is 30.5 Å². The topological polar surface area (TPSA) is 64.4 Å². The van der Waals surface area contributed by atoms with E-state index in [0.717, 1.165) is 17.1 Å². The summed E-state index contributed by atoms with van der Waals surface area (Å²) < 4.78 is 10.5. The average Bonchev–Trinajstić information content (AvgIpc) is 3.06. The predicted molar refractivity (Wildman–Crippen MR) is 72.8 cm³/mol. The zero-order valence-electron chi connectivity index (χ0n) is 10.7. The number of hydrogen-bond acceptors (Lipinski definition) is 5. The van der Waals surface area contributed by atoms with E-state index < -0.39 is 0 Å². The minimum absolute atomic E-state index is 0.0429. The average molecular weight is 280 g/mol. The lowest BCUT2D eigenvalue weighted by Crippen LogP contribution is -2.28. The van der Waals surface area contributed by atoms with Gasteiger partial charge in [0, 0.05) is 12.6 Å². The van der Waals surface area contributed by atoms with E-state index in [-0.39, 0.29) is 19.1 Å². The van der Waals surface area contributed by atoms with E-state index >= 15 is 0 Å². The summed E-state index contributed by atoms with van der Waals surface area (Å²) in [5.74, 6) is 0.618. The molecule has 1 amide bonds. The maximum absolute atomic E-state index is 11.3. The molecular weight excluding hydrogens is 264 g/mol. The Morgan fingerprint density at radius 1 is 1.58 bits per heavy atom. The van der Waals surface area contributed by atoms with E-state index in [9.17, 15) is 4.79 Å². The Morgan fingerprint density at radius 2 is 2.47 bits per heavy atom. The third-order valence-corrected chi connectivity index (χ3v) is 3.26. The van der Waals surface area contributed by atoms with Crippen LogP contribution >= 0.6 is 11.3 Å². The van der Waals surface area contributed by atoms with Crippen molar-refractivity contribution >= 4 is 17.2 Å². The predicted octanol–water partition coefficient (Wildman–Crippen LogP) is 2.45. The normalized spacial score (nSPS) is 10.6. The van der Waals surface area contributed by atoms with Crippen molar-refractivity contribution in [3.8, 4) is 10.6 Å². The summed E-state index contributed by atoms with van der Waals surface area (Å²) in [6.07, 6.45) is 0.916. The number of amides is 1. The Balaban J connectivity index is 1.76. The maximum atomic E-state index is 11.3. The summed E-state index contributed by atoms with van der Waals surface area (Å²) in [5.41, 5.74) is 0.687. The molecule has 6 heteroatoms. The molecule has 0 unspecified atom stereocenters. The van der Waals surface area contributed by atoms with Crippen molar-refractivity contribution < 1.29 is 14.1 Å². The van der Waals surface area contributed by atoms with Crippen LogP contribution in [0.5, 0.6) is 0 Å². The van der Waals surface area contributed by atoms with E-state index in [2.05, 4.69) is 10.5 Å². The monoisotopic (exact) mass is 280 g/mol. The molecule has 1 N–H and O–H groups in total. The highest BCUT2D eigenvalue weighted by atomic mass is 32.1. The molecule has 5 nitrogen and oxygen atoms in total. The van der Waals surface area contributed by atoms with E-state index in [0.29, 0.717) is 12.2 Å². The second-order valence-corrected chi connectivity index (χ2v) is 4.95. The van der Waals surface area contributed by atoms with Crippen LogP contribution < -0.4 is 5.32 Å². The van der Waals surface area contributed by atoms with Crippen molar-refractivity contribution in [1.29, 1.82) is 0 Å². The second kappa shape index (κ2) is 7.06. The lowest BCUT2D eigenvalue weighted by atomic mass is 10.3. The van der Waals surface area contributed by atoms with Gasteiger partial charge in [-0.2, -0.15) is 0 Å². The number of carbonyl (C=O) groups is 1. The van der Waals surface area contributed by atoms with E-state index in [1.165, 1.54) is 0 Å². The van der Waals surface area contributed by atoms with Crippen LogP contribution in [0.25, 0.3) is 10.6 Å². The molecule has 0 radical (unpaired) electrons. The van der Waals surface area contributed by atoms with Gasteiger partial charge in [0.1, 0.15) is 12.3 Å².